The second-order valence-corrected chi connectivity index (χ2v) is 10.1. The molecule has 4 nitrogen and oxygen atoms in total. The molecule has 0 unspecified atom stereocenters. The van der Waals surface area contributed by atoms with Gasteiger partial charge >= 0.3 is 0 Å². The SMILES string of the molecule is Cn1c(-c2ccccn2)cc2cc3c(ccc4c5cc6cc(-c7ccccn7)n(C)c6cc5ccc34)cc21. The van der Waals surface area contributed by atoms with E-state index in [-0.39, 0.29) is 0 Å². The zero-order valence-electron chi connectivity index (χ0n) is 21.2. The highest BCUT2D eigenvalue weighted by Crippen LogP contribution is 2.37. The van der Waals surface area contributed by atoms with Crippen LogP contribution in [0.1, 0.15) is 0 Å². The van der Waals surface area contributed by atoms with Gasteiger partial charge in [-0.3, -0.25) is 9.97 Å². The summed E-state index contributed by atoms with van der Waals surface area (Å²) in [5, 5.41) is 10.1. The van der Waals surface area contributed by atoms with Gasteiger partial charge in [0.2, 0.25) is 0 Å². The Morgan fingerprint density at radius 2 is 0.921 bits per heavy atom. The van der Waals surface area contributed by atoms with Gasteiger partial charge in [-0.1, -0.05) is 36.4 Å². The number of nitrogens with zero attached hydrogens (tertiary/aromatic N) is 4. The van der Waals surface area contributed by atoms with E-state index in [1.54, 1.807) is 0 Å². The van der Waals surface area contributed by atoms with Crippen LogP contribution in [-0.4, -0.2) is 19.1 Å². The van der Waals surface area contributed by atoms with Crippen molar-refractivity contribution in [3.05, 3.63) is 109 Å². The van der Waals surface area contributed by atoms with Gasteiger partial charge in [0.05, 0.1) is 22.8 Å². The van der Waals surface area contributed by atoms with E-state index >= 15 is 0 Å². The van der Waals surface area contributed by atoms with E-state index in [0.717, 1.165) is 22.8 Å². The molecule has 4 aromatic carbocycles. The van der Waals surface area contributed by atoms with Crippen molar-refractivity contribution >= 4 is 54.1 Å². The number of fused-ring (bicyclic) bond motifs is 7. The van der Waals surface area contributed by atoms with Crippen molar-refractivity contribution < 1.29 is 0 Å². The zero-order chi connectivity index (χ0) is 25.4. The Kier molecular flexibility index (Phi) is 4.32. The summed E-state index contributed by atoms with van der Waals surface area (Å²) in [4.78, 5) is 9.17. The summed E-state index contributed by atoms with van der Waals surface area (Å²) in [5.74, 6) is 0. The fourth-order valence-electron chi connectivity index (χ4n) is 6.06. The third kappa shape index (κ3) is 2.97. The van der Waals surface area contributed by atoms with Gasteiger partial charge in [0.1, 0.15) is 0 Å². The van der Waals surface area contributed by atoms with Gasteiger partial charge in [0, 0.05) is 48.3 Å². The van der Waals surface area contributed by atoms with Gasteiger partial charge < -0.3 is 9.13 Å². The minimum absolute atomic E-state index is 0.989. The highest BCUT2D eigenvalue weighted by atomic mass is 15.0. The lowest BCUT2D eigenvalue weighted by atomic mass is 9.95. The predicted molar refractivity (Wildman–Crippen MR) is 158 cm³/mol. The highest BCUT2D eigenvalue weighted by Gasteiger charge is 2.14. The van der Waals surface area contributed by atoms with Crippen LogP contribution >= 0.6 is 0 Å². The molecule has 0 saturated heterocycles. The molecule has 4 heteroatoms. The molecule has 0 bridgehead atoms. The first-order valence-corrected chi connectivity index (χ1v) is 12.9. The van der Waals surface area contributed by atoms with Gasteiger partial charge in [-0.05, 0) is 93.0 Å². The lowest BCUT2D eigenvalue weighted by Crippen LogP contribution is -1.93. The van der Waals surface area contributed by atoms with E-state index in [2.05, 4.69) is 106 Å². The summed E-state index contributed by atoms with van der Waals surface area (Å²) in [5.41, 5.74) is 6.66. The molecule has 0 aliphatic heterocycles. The molecule has 0 amide bonds. The van der Waals surface area contributed by atoms with Crippen molar-refractivity contribution in [3.63, 3.8) is 0 Å². The molecular formula is C34H24N4. The van der Waals surface area contributed by atoms with Crippen molar-refractivity contribution in [2.24, 2.45) is 14.1 Å². The minimum atomic E-state index is 0.989. The van der Waals surface area contributed by atoms with E-state index < -0.39 is 0 Å². The van der Waals surface area contributed by atoms with Crippen molar-refractivity contribution in [3.8, 4) is 22.8 Å². The molecule has 0 fully saturated rings. The molecular weight excluding hydrogens is 464 g/mol. The smallest absolute Gasteiger partial charge is 0.0866 e. The van der Waals surface area contributed by atoms with Gasteiger partial charge in [0.15, 0.2) is 0 Å². The second kappa shape index (κ2) is 7.77. The largest absolute Gasteiger partial charge is 0.342 e. The fourth-order valence-corrected chi connectivity index (χ4v) is 6.06. The molecule has 4 aromatic heterocycles. The first kappa shape index (κ1) is 21.2. The lowest BCUT2D eigenvalue weighted by molar-refractivity contribution is 0.971. The monoisotopic (exact) mass is 488 g/mol. The molecule has 0 radical (unpaired) electrons. The van der Waals surface area contributed by atoms with Crippen LogP contribution < -0.4 is 0 Å². The van der Waals surface area contributed by atoms with Crippen LogP contribution in [-0.2, 0) is 14.1 Å². The Hall–Kier alpha value is -4.96. The average Bonchev–Trinajstić information content (AvgIpc) is 3.47. The second-order valence-electron chi connectivity index (χ2n) is 10.1. The number of hydrogen-bond acceptors (Lipinski definition) is 2. The maximum Gasteiger partial charge on any atom is 0.0866 e. The molecule has 8 aromatic rings. The first-order chi connectivity index (χ1) is 18.7. The van der Waals surface area contributed by atoms with E-state index in [9.17, 15) is 0 Å². The van der Waals surface area contributed by atoms with Crippen molar-refractivity contribution in [1.29, 1.82) is 0 Å². The number of rotatable bonds is 2. The van der Waals surface area contributed by atoms with E-state index in [1.807, 2.05) is 36.7 Å². The van der Waals surface area contributed by atoms with E-state index in [4.69, 9.17) is 0 Å². The van der Waals surface area contributed by atoms with Crippen LogP contribution in [0.3, 0.4) is 0 Å². The van der Waals surface area contributed by atoms with Gasteiger partial charge in [-0.2, -0.15) is 0 Å². The Morgan fingerprint density at radius 1 is 0.447 bits per heavy atom. The third-order valence-corrected chi connectivity index (χ3v) is 8.01. The standard InChI is InChI=1S/C34H24N4/c1-37-31-17-21-9-11-26-25(27(21)15-23(31)19-33(37)29-7-3-5-13-35-29)12-10-22-18-32-24(16-28(22)26)20-34(38(32)2)30-8-4-6-14-36-30/h3-20H,1-2H3. The molecule has 0 N–H and O–H groups in total. The summed E-state index contributed by atoms with van der Waals surface area (Å²) in [6.07, 6.45) is 3.70. The fraction of sp³-hybridized carbons (Fsp3) is 0.0588. The summed E-state index contributed by atoms with van der Waals surface area (Å²) >= 11 is 0. The molecule has 0 aliphatic rings. The summed E-state index contributed by atoms with van der Waals surface area (Å²) in [7, 11) is 4.24. The third-order valence-electron chi connectivity index (χ3n) is 8.01. The van der Waals surface area contributed by atoms with Gasteiger partial charge in [-0.15, -0.1) is 0 Å². The number of aryl methyl sites for hydroxylation is 2. The van der Waals surface area contributed by atoms with Crippen molar-refractivity contribution in [2.75, 3.05) is 0 Å². The predicted octanol–water partition coefficient (Wildman–Crippen LogP) is 8.25. The molecule has 38 heavy (non-hydrogen) atoms. The first-order valence-electron chi connectivity index (χ1n) is 12.9. The van der Waals surface area contributed by atoms with E-state index in [1.165, 1.54) is 54.1 Å². The maximum absolute atomic E-state index is 4.58. The molecule has 4 heterocycles. The van der Waals surface area contributed by atoms with Crippen LogP contribution in [0.2, 0.25) is 0 Å². The highest BCUT2D eigenvalue weighted by molar-refractivity contribution is 6.20. The Balaban J connectivity index is 1.37. The molecule has 0 spiro atoms. The van der Waals surface area contributed by atoms with Crippen LogP contribution in [0, 0.1) is 0 Å². The molecule has 0 atom stereocenters. The van der Waals surface area contributed by atoms with Gasteiger partial charge in [0.25, 0.3) is 0 Å². The topological polar surface area (TPSA) is 35.6 Å². The van der Waals surface area contributed by atoms with Crippen LogP contribution in [0.5, 0.6) is 0 Å². The van der Waals surface area contributed by atoms with Crippen LogP contribution in [0.25, 0.3) is 76.9 Å². The number of pyridine rings is 2. The number of benzene rings is 4. The number of hydrogen-bond donors (Lipinski definition) is 0. The zero-order valence-corrected chi connectivity index (χ0v) is 21.2. The summed E-state index contributed by atoms with van der Waals surface area (Å²) in [6.45, 7) is 0. The van der Waals surface area contributed by atoms with Crippen molar-refractivity contribution in [1.82, 2.24) is 19.1 Å². The minimum Gasteiger partial charge on any atom is -0.342 e. The number of aromatic nitrogens is 4. The Morgan fingerprint density at radius 3 is 1.34 bits per heavy atom. The van der Waals surface area contributed by atoms with Gasteiger partial charge in [-0.25, -0.2) is 0 Å². The summed E-state index contributed by atoms with van der Waals surface area (Å²) in [6, 6.07) is 35.0. The Bertz CT molecular complexity index is 2030. The van der Waals surface area contributed by atoms with E-state index in [0.29, 0.717) is 0 Å². The lowest BCUT2D eigenvalue weighted by Gasteiger charge is -2.10. The van der Waals surface area contributed by atoms with Crippen LogP contribution in [0.4, 0.5) is 0 Å². The normalized spacial score (nSPS) is 11.9. The van der Waals surface area contributed by atoms with Crippen molar-refractivity contribution in [2.45, 2.75) is 0 Å². The maximum atomic E-state index is 4.58. The molecule has 0 aliphatic carbocycles. The Labute approximate surface area is 219 Å². The average molecular weight is 489 g/mol. The molecule has 0 saturated carbocycles. The molecule has 180 valence electrons. The van der Waals surface area contributed by atoms with Crippen LogP contribution in [0.15, 0.2) is 109 Å². The summed E-state index contributed by atoms with van der Waals surface area (Å²) < 4.78 is 4.49. The quantitative estimate of drug-likeness (QED) is 0.230. The molecule has 8 rings (SSSR count).